The number of aliphatic hydroxyl groups excluding tert-OH is 2. The molecule has 9 nitrogen and oxygen atoms in total. The predicted molar refractivity (Wildman–Crippen MR) is 138 cm³/mol. The highest BCUT2D eigenvalue weighted by atomic mass is 16.5. The fourth-order valence-electron chi connectivity index (χ4n) is 5.28. The molecule has 1 fully saturated rings. The molecule has 0 amide bonds. The van der Waals surface area contributed by atoms with E-state index in [0.717, 1.165) is 0 Å². The smallest absolute Gasteiger partial charge is 0.344 e. The SMILES string of the molecule is C=Cc1cc(OC)c2c(c1)c(=O)oc1c2cc(OC)c2c(O)ccc([C@@H]3O[C@H](C)[C@@H](O)[C@@](C)(O)[C@@H]3O)c21. The summed E-state index contributed by atoms with van der Waals surface area (Å²) in [6.07, 6.45) is -3.29. The number of benzene rings is 3. The van der Waals surface area contributed by atoms with Gasteiger partial charge < -0.3 is 39.1 Å². The van der Waals surface area contributed by atoms with Gasteiger partial charge in [-0.05, 0) is 49.2 Å². The molecular weight excluding hydrogens is 480 g/mol. The van der Waals surface area contributed by atoms with Gasteiger partial charge in [0.1, 0.15) is 46.7 Å². The molecule has 3 aromatic carbocycles. The lowest BCUT2D eigenvalue weighted by Crippen LogP contribution is -2.61. The van der Waals surface area contributed by atoms with Crippen LogP contribution in [0.3, 0.4) is 0 Å². The first-order chi connectivity index (χ1) is 17.5. The van der Waals surface area contributed by atoms with Crippen LogP contribution >= 0.6 is 0 Å². The molecule has 0 radical (unpaired) electrons. The number of aliphatic hydroxyl groups is 3. The van der Waals surface area contributed by atoms with Crippen LogP contribution in [0.25, 0.3) is 38.6 Å². The molecule has 4 aromatic rings. The summed E-state index contributed by atoms with van der Waals surface area (Å²) < 4.78 is 23.1. The molecule has 37 heavy (non-hydrogen) atoms. The lowest BCUT2D eigenvalue weighted by atomic mass is 9.80. The maximum Gasteiger partial charge on any atom is 0.344 e. The van der Waals surface area contributed by atoms with Crippen molar-refractivity contribution in [3.8, 4) is 17.2 Å². The fraction of sp³-hybridized carbons (Fsp3) is 0.321. The molecule has 2 heterocycles. The standard InChI is InChI=1S/C28H28O9/c1-6-13-9-16-20(18(10-13)34-4)15-11-19(35-5)22-17(29)8-7-14(21(22)23(15)37-27(16)32)24-26(31)28(3,33)25(30)12(2)36-24/h6-12,24-26,29-31,33H,1H2,2-5H3/t12-,24+,25-,26-,28-/m1/s1. The summed E-state index contributed by atoms with van der Waals surface area (Å²) in [5.41, 5.74) is -1.45. The van der Waals surface area contributed by atoms with Gasteiger partial charge in [-0.2, -0.15) is 0 Å². The monoisotopic (exact) mass is 508 g/mol. The second kappa shape index (κ2) is 8.74. The topological polar surface area (TPSA) is 139 Å². The van der Waals surface area contributed by atoms with Crippen LogP contribution in [0.4, 0.5) is 0 Å². The number of phenols is 1. The third-order valence-corrected chi connectivity index (χ3v) is 7.29. The summed E-state index contributed by atoms with van der Waals surface area (Å²) in [5.74, 6) is 0.526. The van der Waals surface area contributed by atoms with Gasteiger partial charge in [-0.15, -0.1) is 0 Å². The van der Waals surface area contributed by atoms with Crippen molar-refractivity contribution < 1.29 is 39.1 Å². The van der Waals surface area contributed by atoms with Gasteiger partial charge in [0.05, 0.1) is 31.1 Å². The molecule has 0 spiro atoms. The van der Waals surface area contributed by atoms with Gasteiger partial charge in [0.25, 0.3) is 0 Å². The highest BCUT2D eigenvalue weighted by Gasteiger charge is 2.51. The van der Waals surface area contributed by atoms with Gasteiger partial charge in [0, 0.05) is 16.2 Å². The Morgan fingerprint density at radius 2 is 1.68 bits per heavy atom. The number of phenolic OH excluding ortho intramolecular Hbond substituents is 1. The van der Waals surface area contributed by atoms with Crippen LogP contribution in [0.15, 0.2) is 46.1 Å². The minimum absolute atomic E-state index is 0.109. The first kappa shape index (κ1) is 25.0. The van der Waals surface area contributed by atoms with Crippen LogP contribution < -0.4 is 15.1 Å². The molecule has 1 aliphatic heterocycles. The van der Waals surface area contributed by atoms with Crippen molar-refractivity contribution in [1.29, 1.82) is 0 Å². The van der Waals surface area contributed by atoms with E-state index in [4.69, 9.17) is 18.6 Å². The summed E-state index contributed by atoms with van der Waals surface area (Å²) >= 11 is 0. The predicted octanol–water partition coefficient (Wildman–Crippen LogP) is 3.40. The Morgan fingerprint density at radius 1 is 1.00 bits per heavy atom. The van der Waals surface area contributed by atoms with E-state index in [2.05, 4.69) is 6.58 Å². The maximum atomic E-state index is 13.3. The van der Waals surface area contributed by atoms with E-state index in [9.17, 15) is 25.2 Å². The molecule has 0 bridgehead atoms. The van der Waals surface area contributed by atoms with E-state index in [1.165, 1.54) is 33.3 Å². The van der Waals surface area contributed by atoms with E-state index in [0.29, 0.717) is 27.6 Å². The average molecular weight is 509 g/mol. The molecule has 5 atom stereocenters. The van der Waals surface area contributed by atoms with E-state index in [1.807, 2.05) is 0 Å². The zero-order valence-corrected chi connectivity index (χ0v) is 20.8. The Bertz CT molecular complexity index is 1620. The highest BCUT2D eigenvalue weighted by molar-refractivity contribution is 6.19. The minimum atomic E-state index is -1.90. The van der Waals surface area contributed by atoms with Crippen molar-refractivity contribution in [2.75, 3.05) is 14.2 Å². The maximum absolute atomic E-state index is 13.3. The number of methoxy groups -OCH3 is 2. The lowest BCUT2D eigenvalue weighted by Gasteiger charge is -2.46. The van der Waals surface area contributed by atoms with Crippen molar-refractivity contribution >= 4 is 38.6 Å². The number of fused-ring (bicyclic) bond motifs is 5. The zero-order valence-electron chi connectivity index (χ0n) is 20.8. The molecule has 0 saturated carbocycles. The van der Waals surface area contributed by atoms with Gasteiger partial charge in [-0.1, -0.05) is 18.7 Å². The molecule has 1 saturated heterocycles. The van der Waals surface area contributed by atoms with Crippen LogP contribution in [-0.4, -0.2) is 58.6 Å². The Kier molecular flexibility index (Phi) is 5.91. The van der Waals surface area contributed by atoms with Gasteiger partial charge >= 0.3 is 5.63 Å². The quantitative estimate of drug-likeness (QED) is 0.241. The number of rotatable bonds is 4. The molecule has 5 rings (SSSR count). The van der Waals surface area contributed by atoms with Gasteiger partial charge in [-0.25, -0.2) is 4.79 Å². The molecule has 1 aromatic heterocycles. The van der Waals surface area contributed by atoms with Gasteiger partial charge in [0.2, 0.25) is 0 Å². The van der Waals surface area contributed by atoms with Gasteiger partial charge in [0.15, 0.2) is 0 Å². The molecule has 9 heteroatoms. The lowest BCUT2D eigenvalue weighted by molar-refractivity contribution is -0.261. The zero-order chi connectivity index (χ0) is 26.8. The van der Waals surface area contributed by atoms with Crippen LogP contribution in [0.1, 0.15) is 31.1 Å². The van der Waals surface area contributed by atoms with Crippen molar-refractivity contribution in [3.05, 3.63) is 58.5 Å². The van der Waals surface area contributed by atoms with E-state index in [-0.39, 0.29) is 33.2 Å². The van der Waals surface area contributed by atoms with Crippen LogP contribution in [-0.2, 0) is 4.74 Å². The van der Waals surface area contributed by atoms with E-state index < -0.39 is 35.6 Å². The molecule has 194 valence electrons. The number of hydrogen-bond acceptors (Lipinski definition) is 9. The highest BCUT2D eigenvalue weighted by Crippen LogP contribution is 2.48. The second-order valence-corrected chi connectivity index (χ2v) is 9.50. The summed E-state index contributed by atoms with van der Waals surface area (Å²) in [7, 11) is 2.93. The summed E-state index contributed by atoms with van der Waals surface area (Å²) in [5, 5.41) is 44.9. The number of hydrogen-bond donors (Lipinski definition) is 4. The number of ether oxygens (including phenoxy) is 3. The normalized spacial score (nSPS) is 26.0. The first-order valence-electron chi connectivity index (χ1n) is 11.7. The van der Waals surface area contributed by atoms with Crippen LogP contribution in [0.2, 0.25) is 0 Å². The summed E-state index contributed by atoms with van der Waals surface area (Å²) in [6.45, 7) is 6.67. The first-order valence-corrected chi connectivity index (χ1v) is 11.7. The second-order valence-electron chi connectivity index (χ2n) is 9.50. The Balaban J connectivity index is 1.97. The molecule has 0 unspecified atom stereocenters. The molecular formula is C28H28O9. The van der Waals surface area contributed by atoms with Crippen LogP contribution in [0, 0.1) is 0 Å². The Labute approximate surface area is 211 Å². The van der Waals surface area contributed by atoms with Gasteiger partial charge in [-0.3, -0.25) is 0 Å². The summed E-state index contributed by atoms with van der Waals surface area (Å²) in [4.78, 5) is 13.3. The van der Waals surface area contributed by atoms with Crippen molar-refractivity contribution in [1.82, 2.24) is 0 Å². The van der Waals surface area contributed by atoms with E-state index >= 15 is 0 Å². The van der Waals surface area contributed by atoms with Crippen molar-refractivity contribution in [3.63, 3.8) is 0 Å². The average Bonchev–Trinajstić information content (AvgIpc) is 2.89. The Morgan fingerprint density at radius 3 is 2.32 bits per heavy atom. The molecule has 4 N–H and O–H groups in total. The van der Waals surface area contributed by atoms with Crippen LogP contribution in [0.5, 0.6) is 17.2 Å². The van der Waals surface area contributed by atoms with Crippen molar-refractivity contribution in [2.24, 2.45) is 0 Å². The summed E-state index contributed by atoms with van der Waals surface area (Å²) in [6, 6.07) is 7.95. The number of aromatic hydroxyl groups is 1. The third kappa shape index (κ3) is 3.58. The molecule has 1 aliphatic rings. The third-order valence-electron chi connectivity index (χ3n) is 7.29. The Hall–Kier alpha value is -3.63. The minimum Gasteiger partial charge on any atom is -0.507 e. The fourth-order valence-corrected chi connectivity index (χ4v) is 5.28. The largest absolute Gasteiger partial charge is 0.507 e. The van der Waals surface area contributed by atoms with Crippen molar-refractivity contribution in [2.45, 2.75) is 43.9 Å². The molecule has 0 aliphatic carbocycles. The van der Waals surface area contributed by atoms with E-state index in [1.54, 1.807) is 31.2 Å².